The second kappa shape index (κ2) is 9.49. The van der Waals surface area contributed by atoms with Gasteiger partial charge in [-0.2, -0.15) is 0 Å². The largest absolute Gasteiger partial charge is 0.494 e. The van der Waals surface area contributed by atoms with Crippen LogP contribution in [0.4, 0.5) is 5.69 Å². The fourth-order valence-electron chi connectivity index (χ4n) is 3.22. The van der Waals surface area contributed by atoms with Gasteiger partial charge in [-0.25, -0.2) is 13.2 Å². The number of ether oxygens (including phenoxy) is 3. The molecular formula is C22H27NO6S. The van der Waals surface area contributed by atoms with Crippen LogP contribution in [-0.2, 0) is 19.5 Å². The summed E-state index contributed by atoms with van der Waals surface area (Å²) in [5.41, 5.74) is 1.37. The minimum atomic E-state index is -3.86. The third-order valence-electron chi connectivity index (χ3n) is 5.02. The van der Waals surface area contributed by atoms with Crippen molar-refractivity contribution < 1.29 is 27.4 Å². The smallest absolute Gasteiger partial charge is 0.338 e. The minimum Gasteiger partial charge on any atom is -0.494 e. The number of carbonyl (C=O) groups is 1. The van der Waals surface area contributed by atoms with Gasteiger partial charge < -0.3 is 14.2 Å². The molecule has 0 amide bonds. The van der Waals surface area contributed by atoms with E-state index in [1.54, 1.807) is 37.3 Å². The van der Waals surface area contributed by atoms with E-state index < -0.39 is 16.0 Å². The standard InChI is InChI=1S/C22H27NO6S/c1-4-27-18-10-8-17(9-11-18)23(3)30(25,26)20-12-7-16(2)21(14-20)22(24)29-15-19-6-5-13-28-19/h7-12,14,19H,4-6,13,15H2,1-3H3/t19-/m1/s1. The summed E-state index contributed by atoms with van der Waals surface area (Å²) in [4.78, 5) is 12.6. The third kappa shape index (κ3) is 4.94. The average Bonchev–Trinajstić information content (AvgIpc) is 3.26. The highest BCUT2D eigenvalue weighted by Gasteiger charge is 2.25. The molecule has 2 aromatic carbocycles. The molecule has 7 nitrogen and oxygen atoms in total. The quantitative estimate of drug-likeness (QED) is 0.592. The molecular weight excluding hydrogens is 406 g/mol. The van der Waals surface area contributed by atoms with Crippen molar-refractivity contribution in [3.8, 4) is 5.75 Å². The van der Waals surface area contributed by atoms with Gasteiger partial charge in [0, 0.05) is 13.7 Å². The highest BCUT2D eigenvalue weighted by molar-refractivity contribution is 7.92. The van der Waals surface area contributed by atoms with Crippen molar-refractivity contribution in [2.75, 3.05) is 31.2 Å². The Morgan fingerprint density at radius 1 is 1.20 bits per heavy atom. The summed E-state index contributed by atoms with van der Waals surface area (Å²) in [5, 5.41) is 0. The highest BCUT2D eigenvalue weighted by atomic mass is 32.2. The molecule has 2 aromatic rings. The number of nitrogens with zero attached hydrogens (tertiary/aromatic N) is 1. The van der Waals surface area contributed by atoms with E-state index in [0.29, 0.717) is 30.2 Å². The summed E-state index contributed by atoms with van der Waals surface area (Å²) >= 11 is 0. The zero-order valence-electron chi connectivity index (χ0n) is 17.5. The molecule has 0 aliphatic carbocycles. The van der Waals surface area contributed by atoms with E-state index >= 15 is 0 Å². The summed E-state index contributed by atoms with van der Waals surface area (Å²) < 4.78 is 43.6. The van der Waals surface area contributed by atoms with Crippen LogP contribution in [0, 0.1) is 6.92 Å². The van der Waals surface area contributed by atoms with Crippen molar-refractivity contribution in [2.24, 2.45) is 0 Å². The number of esters is 1. The van der Waals surface area contributed by atoms with Crippen molar-refractivity contribution in [3.05, 3.63) is 53.6 Å². The van der Waals surface area contributed by atoms with E-state index in [2.05, 4.69) is 0 Å². The van der Waals surface area contributed by atoms with Gasteiger partial charge in [0.1, 0.15) is 12.4 Å². The van der Waals surface area contributed by atoms with E-state index in [0.717, 1.165) is 12.8 Å². The number of hydrogen-bond acceptors (Lipinski definition) is 6. The maximum absolute atomic E-state index is 13.1. The van der Waals surface area contributed by atoms with Crippen LogP contribution in [0.2, 0.25) is 0 Å². The lowest BCUT2D eigenvalue weighted by atomic mass is 10.1. The first-order chi connectivity index (χ1) is 14.3. The summed E-state index contributed by atoms with van der Waals surface area (Å²) in [6.07, 6.45) is 1.72. The lowest BCUT2D eigenvalue weighted by Crippen LogP contribution is -2.27. The molecule has 8 heteroatoms. The lowest BCUT2D eigenvalue weighted by molar-refractivity contribution is 0.0160. The van der Waals surface area contributed by atoms with Crippen LogP contribution in [0.25, 0.3) is 0 Å². The molecule has 0 bridgehead atoms. The van der Waals surface area contributed by atoms with Crippen LogP contribution in [0.15, 0.2) is 47.4 Å². The first-order valence-corrected chi connectivity index (χ1v) is 11.4. The second-order valence-electron chi connectivity index (χ2n) is 7.11. The summed E-state index contributed by atoms with van der Waals surface area (Å²) in [7, 11) is -2.39. The van der Waals surface area contributed by atoms with Crippen molar-refractivity contribution in [2.45, 2.75) is 37.7 Å². The van der Waals surface area contributed by atoms with E-state index in [-0.39, 0.29) is 23.2 Å². The zero-order chi connectivity index (χ0) is 21.7. The van der Waals surface area contributed by atoms with Gasteiger partial charge in [0.15, 0.2) is 0 Å². The normalized spacial score (nSPS) is 16.3. The number of benzene rings is 2. The molecule has 3 rings (SSSR count). The Balaban J connectivity index is 1.79. The summed E-state index contributed by atoms with van der Waals surface area (Å²) in [5.74, 6) is 0.113. The molecule has 30 heavy (non-hydrogen) atoms. The van der Waals surface area contributed by atoms with Crippen LogP contribution in [-0.4, -0.2) is 47.4 Å². The van der Waals surface area contributed by atoms with Gasteiger partial charge in [-0.1, -0.05) is 6.07 Å². The summed E-state index contributed by atoms with van der Waals surface area (Å²) in [6, 6.07) is 11.3. The van der Waals surface area contributed by atoms with Crippen LogP contribution >= 0.6 is 0 Å². The molecule has 1 aliphatic rings. The first-order valence-electron chi connectivity index (χ1n) is 9.94. The highest BCUT2D eigenvalue weighted by Crippen LogP contribution is 2.26. The van der Waals surface area contributed by atoms with E-state index in [4.69, 9.17) is 14.2 Å². The monoisotopic (exact) mass is 433 g/mol. The molecule has 1 fully saturated rings. The van der Waals surface area contributed by atoms with Crippen LogP contribution in [0.1, 0.15) is 35.7 Å². The van der Waals surface area contributed by atoms with Gasteiger partial charge in [-0.3, -0.25) is 4.31 Å². The van der Waals surface area contributed by atoms with Gasteiger partial charge in [-0.05, 0) is 68.7 Å². The Bertz CT molecular complexity index is 981. The predicted octanol–water partition coefficient (Wildman–Crippen LogP) is 3.55. The van der Waals surface area contributed by atoms with E-state index in [1.807, 2.05) is 6.92 Å². The molecule has 0 N–H and O–H groups in total. The van der Waals surface area contributed by atoms with Crippen LogP contribution < -0.4 is 9.04 Å². The molecule has 162 valence electrons. The molecule has 1 aliphatic heterocycles. The second-order valence-corrected chi connectivity index (χ2v) is 9.08. The number of sulfonamides is 1. The van der Waals surface area contributed by atoms with Gasteiger partial charge in [0.2, 0.25) is 0 Å². The van der Waals surface area contributed by atoms with Crippen LogP contribution in [0.3, 0.4) is 0 Å². The maximum Gasteiger partial charge on any atom is 0.338 e. The molecule has 0 unspecified atom stereocenters. The zero-order valence-corrected chi connectivity index (χ0v) is 18.3. The Labute approximate surface area is 177 Å². The number of rotatable bonds is 8. The van der Waals surface area contributed by atoms with Crippen molar-refractivity contribution in [1.82, 2.24) is 0 Å². The van der Waals surface area contributed by atoms with Crippen molar-refractivity contribution in [3.63, 3.8) is 0 Å². The molecule has 0 radical (unpaired) electrons. The molecule has 0 aromatic heterocycles. The SMILES string of the molecule is CCOc1ccc(N(C)S(=O)(=O)c2ccc(C)c(C(=O)OC[C@H]3CCCO3)c2)cc1. The summed E-state index contributed by atoms with van der Waals surface area (Å²) in [6.45, 7) is 5.00. The van der Waals surface area contributed by atoms with Gasteiger partial charge in [-0.15, -0.1) is 0 Å². The van der Waals surface area contributed by atoms with Gasteiger partial charge >= 0.3 is 5.97 Å². The Morgan fingerprint density at radius 2 is 1.93 bits per heavy atom. The Morgan fingerprint density at radius 3 is 2.57 bits per heavy atom. The maximum atomic E-state index is 13.1. The fraction of sp³-hybridized carbons (Fsp3) is 0.409. The minimum absolute atomic E-state index is 0.0218. The fourth-order valence-corrected chi connectivity index (χ4v) is 4.44. The van der Waals surface area contributed by atoms with Crippen molar-refractivity contribution in [1.29, 1.82) is 0 Å². The number of aryl methyl sites for hydroxylation is 1. The Hall–Kier alpha value is -2.58. The molecule has 0 saturated carbocycles. The predicted molar refractivity (Wildman–Crippen MR) is 114 cm³/mol. The third-order valence-corrected chi connectivity index (χ3v) is 6.80. The molecule has 1 saturated heterocycles. The lowest BCUT2D eigenvalue weighted by Gasteiger charge is -2.20. The van der Waals surface area contributed by atoms with Gasteiger partial charge in [0.25, 0.3) is 10.0 Å². The molecule has 1 heterocycles. The number of anilines is 1. The van der Waals surface area contributed by atoms with Crippen molar-refractivity contribution >= 4 is 21.7 Å². The van der Waals surface area contributed by atoms with E-state index in [1.165, 1.54) is 23.5 Å². The van der Waals surface area contributed by atoms with E-state index in [9.17, 15) is 13.2 Å². The average molecular weight is 434 g/mol. The topological polar surface area (TPSA) is 82.1 Å². The van der Waals surface area contributed by atoms with Crippen LogP contribution in [0.5, 0.6) is 5.75 Å². The van der Waals surface area contributed by atoms with Gasteiger partial charge in [0.05, 0.1) is 28.9 Å². The Kier molecular flexibility index (Phi) is 6.99. The number of carbonyl (C=O) groups excluding carboxylic acids is 1. The number of hydrogen-bond donors (Lipinski definition) is 0. The molecule has 0 spiro atoms. The molecule has 1 atom stereocenters. The first kappa shape index (κ1) is 22.1.